The molecule has 0 amide bonds. The van der Waals surface area contributed by atoms with Gasteiger partial charge in [0, 0.05) is 47.3 Å². The Morgan fingerprint density at radius 2 is 1.06 bits per heavy atom. The van der Waals surface area contributed by atoms with Crippen molar-refractivity contribution in [2.24, 2.45) is 14.1 Å². The third kappa shape index (κ3) is 1.07. The van der Waals surface area contributed by atoms with E-state index in [2.05, 4.69) is 61.3 Å². The zero-order valence-electron chi connectivity index (χ0n) is 10.2. The summed E-state index contributed by atoms with van der Waals surface area (Å²) in [4.78, 5) is 0. The minimum atomic E-state index is 1.31. The molecule has 0 spiro atoms. The van der Waals surface area contributed by atoms with E-state index in [0.29, 0.717) is 0 Å². The van der Waals surface area contributed by atoms with Gasteiger partial charge in [-0.05, 0) is 38.1 Å². The maximum atomic E-state index is 2.28. The Bertz CT molecular complexity index is 636. The molecule has 0 saturated carbocycles. The second-order valence-corrected chi connectivity index (χ2v) is 4.66. The molecule has 0 aliphatic heterocycles. The van der Waals surface area contributed by atoms with Gasteiger partial charge in [0.1, 0.15) is 0 Å². The lowest BCUT2D eigenvalue weighted by molar-refractivity contribution is 0.916. The normalized spacial score (nSPS) is 11.8. The largest absolute Gasteiger partial charge is 0.348 e. The minimum absolute atomic E-state index is 1.31. The lowest BCUT2D eigenvalue weighted by atomic mass is 10.2. The summed E-state index contributed by atoms with van der Waals surface area (Å²) >= 11 is 0. The van der Waals surface area contributed by atoms with E-state index in [4.69, 9.17) is 0 Å². The van der Waals surface area contributed by atoms with Crippen LogP contribution in [0.3, 0.4) is 0 Å². The maximum absolute atomic E-state index is 2.28. The van der Waals surface area contributed by atoms with E-state index < -0.39 is 0 Å². The molecule has 0 bridgehead atoms. The van der Waals surface area contributed by atoms with Crippen LogP contribution in [0.25, 0.3) is 21.8 Å². The zero-order valence-corrected chi connectivity index (χ0v) is 10.2. The van der Waals surface area contributed by atoms with Crippen molar-refractivity contribution in [1.82, 2.24) is 9.13 Å². The Morgan fingerprint density at radius 3 is 1.44 bits per heavy atom. The van der Waals surface area contributed by atoms with Crippen molar-refractivity contribution in [3.05, 3.63) is 35.7 Å². The number of aromatic nitrogens is 2. The van der Waals surface area contributed by atoms with Crippen LogP contribution in [0.4, 0.5) is 0 Å². The summed E-state index contributed by atoms with van der Waals surface area (Å²) in [6.45, 7) is 4.30. The lowest BCUT2D eigenvalue weighted by Crippen LogP contribution is -1.90. The van der Waals surface area contributed by atoms with Crippen molar-refractivity contribution in [3.63, 3.8) is 0 Å². The van der Waals surface area contributed by atoms with Crippen LogP contribution in [-0.2, 0) is 14.1 Å². The Kier molecular flexibility index (Phi) is 1.73. The monoisotopic (exact) mass is 212 g/mol. The molecular formula is C14H16N2. The summed E-state index contributed by atoms with van der Waals surface area (Å²) in [5.41, 5.74) is 5.25. The van der Waals surface area contributed by atoms with Gasteiger partial charge in [-0.25, -0.2) is 0 Å². The van der Waals surface area contributed by atoms with Gasteiger partial charge in [-0.1, -0.05) is 0 Å². The topological polar surface area (TPSA) is 9.86 Å². The Morgan fingerprint density at radius 1 is 0.688 bits per heavy atom. The molecule has 2 aromatic heterocycles. The second kappa shape index (κ2) is 2.91. The molecule has 82 valence electrons. The number of nitrogens with zero attached hydrogens (tertiary/aromatic N) is 2. The van der Waals surface area contributed by atoms with E-state index in [-0.39, 0.29) is 0 Å². The van der Waals surface area contributed by atoms with Gasteiger partial charge in [0.25, 0.3) is 0 Å². The summed E-state index contributed by atoms with van der Waals surface area (Å²) in [7, 11) is 4.25. The van der Waals surface area contributed by atoms with Crippen molar-refractivity contribution in [2.75, 3.05) is 0 Å². The average Bonchev–Trinajstić information content (AvgIpc) is 2.67. The summed E-state index contributed by atoms with van der Waals surface area (Å²) in [6, 6.07) is 9.06. The highest BCUT2D eigenvalue weighted by Gasteiger charge is 2.07. The van der Waals surface area contributed by atoms with Gasteiger partial charge in [0.05, 0.1) is 0 Å². The molecule has 0 atom stereocenters. The molecule has 3 rings (SSSR count). The SMILES string of the molecule is Cc1cc2cc3c(cc(C)n3C)cc2n1C. The van der Waals surface area contributed by atoms with E-state index in [1.165, 1.54) is 33.2 Å². The molecule has 2 heteroatoms. The first kappa shape index (κ1) is 9.52. The molecule has 0 unspecified atom stereocenters. The smallest absolute Gasteiger partial charge is 0.0487 e. The van der Waals surface area contributed by atoms with Gasteiger partial charge >= 0.3 is 0 Å². The van der Waals surface area contributed by atoms with Crippen molar-refractivity contribution in [2.45, 2.75) is 13.8 Å². The number of hydrogen-bond donors (Lipinski definition) is 0. The first-order valence-corrected chi connectivity index (χ1v) is 5.60. The molecule has 3 aromatic rings. The second-order valence-electron chi connectivity index (χ2n) is 4.66. The Labute approximate surface area is 95.1 Å². The quantitative estimate of drug-likeness (QED) is 0.541. The van der Waals surface area contributed by atoms with Gasteiger partial charge < -0.3 is 9.13 Å². The number of rotatable bonds is 0. The molecule has 0 fully saturated rings. The number of hydrogen-bond acceptors (Lipinski definition) is 0. The summed E-state index contributed by atoms with van der Waals surface area (Å²) in [6.07, 6.45) is 0. The highest BCUT2D eigenvalue weighted by atomic mass is 15.0. The zero-order chi connectivity index (χ0) is 11.4. The highest BCUT2D eigenvalue weighted by molar-refractivity contribution is 5.96. The molecule has 1 aromatic carbocycles. The predicted molar refractivity (Wildman–Crippen MR) is 68.9 cm³/mol. The standard InChI is InChI=1S/C14H16N2/c1-9-5-11-7-14-12(6-10(2)16(14)4)8-13(11)15(9)3/h5-8H,1-4H3. The van der Waals surface area contributed by atoms with E-state index in [0.717, 1.165) is 0 Å². The van der Waals surface area contributed by atoms with E-state index in [1.54, 1.807) is 0 Å². The van der Waals surface area contributed by atoms with Gasteiger partial charge in [-0.2, -0.15) is 0 Å². The van der Waals surface area contributed by atoms with Gasteiger partial charge in [0.15, 0.2) is 0 Å². The molecule has 0 aliphatic carbocycles. The fraction of sp³-hybridized carbons (Fsp3) is 0.286. The molecular weight excluding hydrogens is 196 g/mol. The number of fused-ring (bicyclic) bond motifs is 2. The van der Waals surface area contributed by atoms with Crippen LogP contribution in [-0.4, -0.2) is 9.13 Å². The molecule has 2 nitrogen and oxygen atoms in total. The first-order chi connectivity index (χ1) is 7.58. The van der Waals surface area contributed by atoms with E-state index in [9.17, 15) is 0 Å². The number of benzene rings is 1. The van der Waals surface area contributed by atoms with Crippen LogP contribution in [0.2, 0.25) is 0 Å². The van der Waals surface area contributed by atoms with Crippen LogP contribution in [0.5, 0.6) is 0 Å². The molecule has 2 heterocycles. The van der Waals surface area contributed by atoms with Crippen LogP contribution in [0, 0.1) is 13.8 Å². The fourth-order valence-electron chi connectivity index (χ4n) is 2.45. The third-order valence-corrected chi connectivity index (χ3v) is 3.69. The van der Waals surface area contributed by atoms with Crippen molar-refractivity contribution in [1.29, 1.82) is 0 Å². The predicted octanol–water partition coefficient (Wildman–Crippen LogP) is 3.29. The van der Waals surface area contributed by atoms with Gasteiger partial charge in [0.2, 0.25) is 0 Å². The Balaban J connectivity index is 2.52. The highest BCUT2D eigenvalue weighted by Crippen LogP contribution is 2.26. The van der Waals surface area contributed by atoms with E-state index in [1.807, 2.05) is 0 Å². The summed E-state index contributed by atoms with van der Waals surface area (Å²) in [5.74, 6) is 0. The van der Waals surface area contributed by atoms with Crippen molar-refractivity contribution < 1.29 is 0 Å². The number of aryl methyl sites for hydroxylation is 4. The van der Waals surface area contributed by atoms with Gasteiger partial charge in [-0.15, -0.1) is 0 Å². The molecule has 0 N–H and O–H groups in total. The lowest BCUT2D eigenvalue weighted by Gasteiger charge is -2.01. The Hall–Kier alpha value is -1.70. The molecule has 16 heavy (non-hydrogen) atoms. The molecule has 0 radical (unpaired) electrons. The third-order valence-electron chi connectivity index (χ3n) is 3.69. The van der Waals surface area contributed by atoms with Crippen LogP contribution in [0.1, 0.15) is 11.4 Å². The first-order valence-electron chi connectivity index (χ1n) is 5.60. The maximum Gasteiger partial charge on any atom is 0.0487 e. The van der Waals surface area contributed by atoms with Crippen molar-refractivity contribution in [3.8, 4) is 0 Å². The molecule has 0 aliphatic rings. The van der Waals surface area contributed by atoms with Crippen LogP contribution >= 0.6 is 0 Å². The van der Waals surface area contributed by atoms with Crippen LogP contribution < -0.4 is 0 Å². The van der Waals surface area contributed by atoms with Crippen LogP contribution in [0.15, 0.2) is 24.3 Å². The average molecular weight is 212 g/mol. The van der Waals surface area contributed by atoms with Crippen molar-refractivity contribution >= 4 is 21.8 Å². The van der Waals surface area contributed by atoms with E-state index >= 15 is 0 Å². The molecule has 0 saturated heterocycles. The summed E-state index contributed by atoms with van der Waals surface area (Å²) in [5, 5.41) is 2.66. The summed E-state index contributed by atoms with van der Waals surface area (Å²) < 4.78 is 4.49. The minimum Gasteiger partial charge on any atom is -0.348 e. The van der Waals surface area contributed by atoms with Gasteiger partial charge in [-0.3, -0.25) is 0 Å². The fourth-order valence-corrected chi connectivity index (χ4v) is 2.45.